The monoisotopic (exact) mass is 355 g/mol. The summed E-state index contributed by atoms with van der Waals surface area (Å²) in [7, 11) is 4.02. The predicted octanol–water partition coefficient (Wildman–Crippen LogP) is 3.80. The van der Waals surface area contributed by atoms with Gasteiger partial charge in [-0.15, -0.1) is 0 Å². The Hall–Kier alpha value is -1.60. The molecule has 1 aliphatic heterocycles. The Labute approximate surface area is 144 Å². The molecule has 3 nitrogen and oxygen atoms in total. The summed E-state index contributed by atoms with van der Waals surface area (Å²) in [6.45, 7) is 1.32. The lowest BCUT2D eigenvalue weighted by molar-refractivity contribution is 0.399. The molecule has 3 rings (SSSR count). The Morgan fingerprint density at radius 3 is 2.67 bits per heavy atom. The van der Waals surface area contributed by atoms with Gasteiger partial charge in [0, 0.05) is 29.4 Å². The van der Waals surface area contributed by atoms with Crippen LogP contribution in [-0.2, 0) is 19.4 Å². The summed E-state index contributed by atoms with van der Waals surface area (Å²) in [5.74, 6) is -3.23. The molecule has 1 unspecified atom stereocenters. The van der Waals surface area contributed by atoms with Gasteiger partial charge in [0.05, 0.1) is 0 Å². The van der Waals surface area contributed by atoms with E-state index in [1.807, 2.05) is 18.7 Å². The predicted molar refractivity (Wildman–Crippen MR) is 89.3 cm³/mol. The van der Waals surface area contributed by atoms with Crippen molar-refractivity contribution in [2.75, 3.05) is 20.6 Å². The minimum absolute atomic E-state index is 0.174. The molecule has 1 aliphatic rings. The van der Waals surface area contributed by atoms with Crippen molar-refractivity contribution in [2.45, 2.75) is 31.7 Å². The second-order valence-corrected chi connectivity index (χ2v) is 6.92. The van der Waals surface area contributed by atoms with E-state index in [9.17, 15) is 13.2 Å². The molecule has 1 aromatic heterocycles. The minimum atomic E-state index is -1.09. The highest BCUT2D eigenvalue weighted by Crippen LogP contribution is 2.35. The second kappa shape index (κ2) is 6.72. The number of H-pyrrole nitrogens is 1. The lowest BCUT2D eigenvalue weighted by atomic mass is 9.95. The number of imidazole rings is 1. The van der Waals surface area contributed by atoms with Gasteiger partial charge in [-0.05, 0) is 64.3 Å². The fraction of sp³-hybridized carbons (Fsp3) is 0.471. The average molecular weight is 355 g/mol. The van der Waals surface area contributed by atoms with E-state index in [4.69, 9.17) is 12.2 Å². The number of aryl methyl sites for hydroxylation is 1. The minimum Gasteiger partial charge on any atom is -0.334 e. The maximum Gasteiger partial charge on any atom is 0.177 e. The van der Waals surface area contributed by atoms with Crippen molar-refractivity contribution in [2.24, 2.45) is 0 Å². The van der Waals surface area contributed by atoms with Gasteiger partial charge in [-0.1, -0.05) is 0 Å². The molecule has 0 spiro atoms. The maximum absolute atomic E-state index is 14.1. The molecule has 1 aromatic carbocycles. The first kappa shape index (κ1) is 17.2. The van der Waals surface area contributed by atoms with Crippen LogP contribution in [-0.4, -0.2) is 35.1 Å². The van der Waals surface area contributed by atoms with Crippen LogP contribution in [0.5, 0.6) is 0 Å². The molecule has 0 fully saturated rings. The van der Waals surface area contributed by atoms with Crippen molar-refractivity contribution < 1.29 is 13.2 Å². The normalized spacial score (nSPS) is 16.8. The van der Waals surface area contributed by atoms with E-state index in [1.54, 1.807) is 0 Å². The Kier molecular flexibility index (Phi) is 4.83. The highest BCUT2D eigenvalue weighted by atomic mass is 32.1. The molecule has 130 valence electrons. The summed E-state index contributed by atoms with van der Waals surface area (Å²) in [6, 6.07) is 1.81. The maximum atomic E-state index is 14.1. The number of aromatic nitrogens is 2. The smallest absolute Gasteiger partial charge is 0.177 e. The van der Waals surface area contributed by atoms with E-state index in [1.165, 1.54) is 0 Å². The summed E-state index contributed by atoms with van der Waals surface area (Å²) in [5, 5.41) is 0. The lowest BCUT2D eigenvalue weighted by Gasteiger charge is -2.13. The number of hydrogen-bond acceptors (Lipinski definition) is 2. The molecule has 0 bridgehead atoms. The number of fused-ring (bicyclic) bond motifs is 1. The van der Waals surface area contributed by atoms with E-state index in [0.29, 0.717) is 17.7 Å². The van der Waals surface area contributed by atoms with Gasteiger partial charge in [0.2, 0.25) is 0 Å². The standard InChI is InChI=1S/C17H20F3N3S/c1-22(2)7-3-4-13-14-8-10(9-23(14)17(24)21-13)15-11(18)5-6-12(19)16(15)20/h5-6,10H,3-4,7-9H2,1-2H3,(H,21,24). The first-order valence-electron chi connectivity index (χ1n) is 7.97. The largest absolute Gasteiger partial charge is 0.334 e. The number of nitrogens with one attached hydrogen (secondary N) is 1. The summed E-state index contributed by atoms with van der Waals surface area (Å²) >= 11 is 5.33. The topological polar surface area (TPSA) is 24.0 Å². The Bertz CT molecular complexity index is 810. The van der Waals surface area contributed by atoms with Crippen molar-refractivity contribution in [1.29, 1.82) is 0 Å². The average Bonchev–Trinajstić information content (AvgIpc) is 3.05. The first-order valence-corrected chi connectivity index (χ1v) is 8.38. The SMILES string of the molecule is CN(C)CCCc1[nH]c(=S)n2c1CC(c1c(F)ccc(F)c1F)C2. The molecule has 0 radical (unpaired) electrons. The van der Waals surface area contributed by atoms with Crippen molar-refractivity contribution in [3.05, 3.63) is 51.3 Å². The van der Waals surface area contributed by atoms with Gasteiger partial charge in [-0.3, -0.25) is 0 Å². The van der Waals surface area contributed by atoms with Crippen LogP contribution >= 0.6 is 12.2 Å². The molecule has 1 N–H and O–H groups in total. The molecule has 1 atom stereocenters. The van der Waals surface area contributed by atoms with Gasteiger partial charge in [-0.25, -0.2) is 13.2 Å². The molecular formula is C17H20F3N3S. The Morgan fingerprint density at radius 1 is 1.25 bits per heavy atom. The van der Waals surface area contributed by atoms with Gasteiger partial charge in [0.25, 0.3) is 0 Å². The van der Waals surface area contributed by atoms with Crippen LogP contribution in [0.2, 0.25) is 0 Å². The number of hydrogen-bond donors (Lipinski definition) is 1. The van der Waals surface area contributed by atoms with Crippen LogP contribution < -0.4 is 0 Å². The quantitative estimate of drug-likeness (QED) is 0.652. The van der Waals surface area contributed by atoms with Gasteiger partial charge in [0.15, 0.2) is 16.4 Å². The molecule has 24 heavy (non-hydrogen) atoms. The third-order valence-corrected chi connectivity index (χ3v) is 4.86. The molecular weight excluding hydrogens is 335 g/mol. The van der Waals surface area contributed by atoms with Gasteiger partial charge in [0.1, 0.15) is 5.82 Å². The van der Waals surface area contributed by atoms with E-state index < -0.39 is 23.4 Å². The number of nitrogens with zero attached hydrogens (tertiary/aromatic N) is 2. The van der Waals surface area contributed by atoms with Crippen LogP contribution in [0.1, 0.15) is 29.3 Å². The lowest BCUT2D eigenvalue weighted by Crippen LogP contribution is -2.14. The number of benzene rings is 1. The highest BCUT2D eigenvalue weighted by Gasteiger charge is 2.31. The van der Waals surface area contributed by atoms with Crippen molar-refractivity contribution in [1.82, 2.24) is 14.5 Å². The summed E-state index contributed by atoms with van der Waals surface area (Å²) in [6.07, 6.45) is 2.25. The third-order valence-electron chi connectivity index (χ3n) is 4.54. The number of halogens is 3. The summed E-state index contributed by atoms with van der Waals surface area (Å²) in [5.41, 5.74) is 1.82. The van der Waals surface area contributed by atoms with Crippen LogP contribution in [0.15, 0.2) is 12.1 Å². The van der Waals surface area contributed by atoms with Crippen LogP contribution in [0.3, 0.4) is 0 Å². The zero-order valence-electron chi connectivity index (χ0n) is 13.7. The van der Waals surface area contributed by atoms with Crippen molar-refractivity contribution in [3.8, 4) is 0 Å². The second-order valence-electron chi connectivity index (χ2n) is 6.53. The van der Waals surface area contributed by atoms with E-state index in [-0.39, 0.29) is 5.56 Å². The van der Waals surface area contributed by atoms with Crippen molar-refractivity contribution >= 4 is 12.2 Å². The van der Waals surface area contributed by atoms with Gasteiger partial charge in [-0.2, -0.15) is 0 Å². The van der Waals surface area contributed by atoms with Crippen molar-refractivity contribution in [3.63, 3.8) is 0 Å². The fourth-order valence-corrected chi connectivity index (χ4v) is 3.70. The van der Waals surface area contributed by atoms with Gasteiger partial charge >= 0.3 is 0 Å². The molecule has 7 heteroatoms. The molecule has 0 aliphatic carbocycles. The van der Waals surface area contributed by atoms with Crippen LogP contribution in [0.25, 0.3) is 0 Å². The zero-order valence-corrected chi connectivity index (χ0v) is 14.5. The van der Waals surface area contributed by atoms with Crippen LogP contribution in [0, 0.1) is 22.2 Å². The molecule has 2 heterocycles. The first-order chi connectivity index (χ1) is 11.4. The molecule has 0 amide bonds. The van der Waals surface area contributed by atoms with Crippen LogP contribution in [0.4, 0.5) is 13.2 Å². The number of rotatable bonds is 5. The molecule has 0 saturated heterocycles. The highest BCUT2D eigenvalue weighted by molar-refractivity contribution is 7.71. The van der Waals surface area contributed by atoms with E-state index in [2.05, 4.69) is 9.88 Å². The number of aromatic amines is 1. The molecule has 2 aromatic rings. The zero-order chi connectivity index (χ0) is 17.4. The molecule has 0 saturated carbocycles. The summed E-state index contributed by atoms with van der Waals surface area (Å²) in [4.78, 5) is 5.30. The van der Waals surface area contributed by atoms with Gasteiger partial charge < -0.3 is 14.5 Å². The third kappa shape index (κ3) is 3.15. The summed E-state index contributed by atoms with van der Waals surface area (Å²) < 4.78 is 44.1. The Morgan fingerprint density at radius 2 is 1.96 bits per heavy atom. The van der Waals surface area contributed by atoms with E-state index >= 15 is 0 Å². The fourth-order valence-electron chi connectivity index (χ4n) is 3.39. The Balaban J connectivity index is 1.85. The van der Waals surface area contributed by atoms with E-state index in [0.717, 1.165) is 42.9 Å².